The Morgan fingerprint density at radius 2 is 1.69 bits per heavy atom. The molecule has 2 atom stereocenters. The number of piperidine rings is 1. The zero-order valence-electron chi connectivity index (χ0n) is 39.8. The van der Waals surface area contributed by atoms with Crippen molar-refractivity contribution in [2.24, 2.45) is 7.05 Å². The number of carbonyl (C=O) groups excluding carboxylic acids is 5. The molecule has 0 spiro atoms. The predicted octanol–water partition coefficient (Wildman–Crippen LogP) is 4.88. The smallest absolute Gasteiger partial charge is 0.329 e. The van der Waals surface area contributed by atoms with E-state index >= 15 is 4.39 Å². The Bertz CT molecular complexity index is 3200. The average Bonchev–Trinajstić information content (AvgIpc) is 3.94. The van der Waals surface area contributed by atoms with Crippen LogP contribution in [0.4, 0.5) is 10.1 Å². The molecular weight excluding hydrogens is 894 g/mol. The number of para-hydroxylation sites is 1. The fourth-order valence-corrected chi connectivity index (χ4v) is 10.9. The van der Waals surface area contributed by atoms with Crippen LogP contribution in [0.3, 0.4) is 0 Å². The minimum absolute atomic E-state index is 0.144. The molecule has 0 bridgehead atoms. The molecule has 0 radical (unpaired) electrons. The molecule has 70 heavy (non-hydrogen) atoms. The largest absolute Gasteiger partial charge is 0.496 e. The number of ether oxygens (including phenoxy) is 1. The number of amides is 5. The number of carbonyl (C=O) groups is 5. The number of rotatable bonds is 11. The number of nitrogens with one attached hydrogen (secondary N) is 2. The number of benzene rings is 4. The van der Waals surface area contributed by atoms with Gasteiger partial charge in [-0.1, -0.05) is 42.5 Å². The lowest BCUT2D eigenvalue weighted by molar-refractivity contribution is -0.141. The number of aryl methyl sites for hydroxylation is 1. The maximum atomic E-state index is 17.0. The quantitative estimate of drug-likeness (QED) is 0.136. The third-order valence-corrected chi connectivity index (χ3v) is 14.6. The minimum Gasteiger partial charge on any atom is -0.496 e. The molecule has 2 unspecified atom stereocenters. The molecule has 16 nitrogen and oxygen atoms in total. The van der Waals surface area contributed by atoms with Gasteiger partial charge in [-0.15, -0.1) is 0 Å². The number of H-pyrrole nitrogens is 1. The number of nitrogens with zero attached hydrogens (tertiary/aromatic N) is 7. The second-order valence-electron chi connectivity index (χ2n) is 18.9. The Kier molecular flexibility index (Phi) is 12.4. The number of imide groups is 1. The molecule has 2 aromatic heterocycles. The Morgan fingerprint density at radius 1 is 0.900 bits per heavy atom. The number of fused-ring (bicyclic) bond motifs is 3. The van der Waals surface area contributed by atoms with E-state index in [1.165, 1.54) is 9.47 Å². The molecule has 0 saturated carbocycles. The number of halogens is 1. The highest BCUT2D eigenvalue weighted by atomic mass is 19.1. The van der Waals surface area contributed by atoms with E-state index in [0.29, 0.717) is 71.3 Å². The first kappa shape index (κ1) is 46.2. The van der Waals surface area contributed by atoms with Gasteiger partial charge in [0.05, 0.1) is 23.7 Å². The second kappa shape index (κ2) is 18.8. The second-order valence-corrected chi connectivity index (χ2v) is 18.9. The summed E-state index contributed by atoms with van der Waals surface area (Å²) in [6.45, 7) is 4.76. The number of piperazine rings is 1. The first-order valence-corrected chi connectivity index (χ1v) is 23.8. The number of hydrogen-bond acceptors (Lipinski definition) is 9. The van der Waals surface area contributed by atoms with Crippen LogP contribution < -0.4 is 20.6 Å². The summed E-state index contributed by atoms with van der Waals surface area (Å²) in [5.74, 6) is -1.23. The summed E-state index contributed by atoms with van der Waals surface area (Å²) in [5.41, 5.74) is 7.91. The van der Waals surface area contributed by atoms with Gasteiger partial charge in [0.1, 0.15) is 23.5 Å². The molecule has 4 aliphatic rings. The van der Waals surface area contributed by atoms with Crippen LogP contribution in [-0.2, 0) is 45.6 Å². The average molecular weight is 950 g/mol. The standard InChI is InChI=1S/C53H56FN9O7/c1-57(2)51(67)41-28-40-39(27-38(47(54)48(40)55-41)35-12-8-19-61(30-35)52(68)44-25-33-9-5-6-10-34(33)29-62(44)31-64)37-15-14-36(26-45(37)70-4)60-23-21-59(22-24-60)20-18-32-11-7-13-42-49(32)58(3)53(69)63(42)43-16-17-46(65)56-50(43)66/h5-7,9-15,26-28,31,43-44,55H,8,16-25,29-30H2,1-4H3,(H,56,65,66). The van der Waals surface area contributed by atoms with E-state index in [9.17, 15) is 28.8 Å². The molecule has 0 aliphatic carbocycles. The van der Waals surface area contributed by atoms with E-state index in [-0.39, 0.29) is 54.0 Å². The number of hydrogen-bond donors (Lipinski definition) is 2. The van der Waals surface area contributed by atoms with E-state index in [1.54, 1.807) is 54.8 Å². The van der Waals surface area contributed by atoms with Gasteiger partial charge in [-0.2, -0.15) is 0 Å². The molecule has 2 saturated heterocycles. The van der Waals surface area contributed by atoms with Crippen LogP contribution in [0.25, 0.3) is 38.6 Å². The molecule has 4 aromatic carbocycles. The van der Waals surface area contributed by atoms with Gasteiger partial charge in [-0.05, 0) is 77.4 Å². The van der Waals surface area contributed by atoms with E-state index < -0.39 is 23.8 Å². The third kappa shape index (κ3) is 8.31. The summed E-state index contributed by atoms with van der Waals surface area (Å²) in [6, 6.07) is 21.7. The van der Waals surface area contributed by atoms with Crippen LogP contribution in [-0.4, -0.2) is 137 Å². The Hall–Kier alpha value is -7.53. The summed E-state index contributed by atoms with van der Waals surface area (Å²) < 4.78 is 26.2. The van der Waals surface area contributed by atoms with Crippen molar-refractivity contribution >= 4 is 63.2 Å². The molecule has 2 N–H and O–H groups in total. The molecule has 2 fully saturated rings. The van der Waals surface area contributed by atoms with Crippen LogP contribution in [0, 0.1) is 5.82 Å². The van der Waals surface area contributed by atoms with Crippen molar-refractivity contribution < 1.29 is 33.1 Å². The predicted molar refractivity (Wildman–Crippen MR) is 264 cm³/mol. The number of anilines is 1. The summed E-state index contributed by atoms with van der Waals surface area (Å²) in [6.07, 6.45) is 4.75. The maximum absolute atomic E-state index is 17.0. The number of aromatic nitrogens is 3. The highest BCUT2D eigenvalue weighted by molar-refractivity contribution is 6.05. The van der Waals surface area contributed by atoms with Crippen molar-refractivity contribution in [2.45, 2.75) is 50.7 Å². The van der Waals surface area contributed by atoms with Crippen LogP contribution in [0.15, 0.2) is 83.7 Å². The zero-order valence-corrected chi connectivity index (χ0v) is 39.8. The zero-order chi connectivity index (χ0) is 49.0. The van der Waals surface area contributed by atoms with Crippen molar-refractivity contribution in [3.8, 4) is 16.9 Å². The molecule has 4 aliphatic heterocycles. The number of aromatic amines is 1. The van der Waals surface area contributed by atoms with Gasteiger partial charge in [-0.3, -0.25) is 43.3 Å². The summed E-state index contributed by atoms with van der Waals surface area (Å²) in [4.78, 5) is 90.4. The van der Waals surface area contributed by atoms with Crippen LogP contribution in [0.2, 0.25) is 0 Å². The first-order chi connectivity index (χ1) is 33.8. The van der Waals surface area contributed by atoms with Gasteiger partial charge in [-0.25, -0.2) is 9.18 Å². The lowest BCUT2D eigenvalue weighted by Gasteiger charge is -2.38. The number of imidazole rings is 1. The fourth-order valence-electron chi connectivity index (χ4n) is 10.9. The Labute approximate surface area is 403 Å². The lowest BCUT2D eigenvalue weighted by Crippen LogP contribution is -2.52. The van der Waals surface area contributed by atoms with Crippen LogP contribution >= 0.6 is 0 Å². The van der Waals surface area contributed by atoms with Crippen molar-refractivity contribution in [1.82, 2.24) is 39.0 Å². The SMILES string of the molecule is COc1cc(N2CCN(CCc3cccc4c3n(C)c(=O)n4C3CCC(=O)NC3=O)CC2)ccc1-c1cc(C2=CCCN(C(=O)C3Cc4ccccc4CN3C=O)C2)c(F)c2[nH]c(C(=O)N(C)C)cc12. The highest BCUT2D eigenvalue weighted by Crippen LogP contribution is 2.42. The normalized spacial score (nSPS) is 18.8. The van der Waals surface area contributed by atoms with Crippen molar-refractivity contribution in [1.29, 1.82) is 0 Å². The first-order valence-electron chi connectivity index (χ1n) is 23.8. The van der Waals surface area contributed by atoms with E-state index in [0.717, 1.165) is 67.0 Å². The molecule has 5 amide bonds. The minimum atomic E-state index is -0.743. The number of methoxy groups -OCH3 is 1. The van der Waals surface area contributed by atoms with Gasteiger partial charge in [0, 0.05) is 115 Å². The Balaban J connectivity index is 0.883. The van der Waals surface area contributed by atoms with E-state index in [1.807, 2.05) is 66.7 Å². The highest BCUT2D eigenvalue weighted by Gasteiger charge is 2.36. The molecule has 6 aromatic rings. The molecule has 10 rings (SSSR count). The van der Waals surface area contributed by atoms with Gasteiger partial charge >= 0.3 is 5.69 Å². The fraction of sp³-hybridized carbons (Fsp3) is 0.358. The molecule has 362 valence electrons. The van der Waals surface area contributed by atoms with E-state index in [2.05, 4.69) is 20.1 Å². The van der Waals surface area contributed by atoms with Crippen molar-refractivity contribution in [3.05, 3.63) is 123 Å². The summed E-state index contributed by atoms with van der Waals surface area (Å²) >= 11 is 0. The van der Waals surface area contributed by atoms with Gasteiger partial charge in [0.2, 0.25) is 24.1 Å². The van der Waals surface area contributed by atoms with Crippen LogP contribution in [0.1, 0.15) is 58.0 Å². The topological polar surface area (TPSA) is 166 Å². The van der Waals surface area contributed by atoms with Gasteiger partial charge < -0.3 is 29.3 Å². The molecule has 17 heteroatoms. The summed E-state index contributed by atoms with van der Waals surface area (Å²) in [5, 5.41) is 2.89. The van der Waals surface area contributed by atoms with Crippen LogP contribution in [0.5, 0.6) is 5.75 Å². The molecule has 6 heterocycles. The van der Waals surface area contributed by atoms with Gasteiger partial charge in [0.25, 0.3) is 5.91 Å². The monoisotopic (exact) mass is 949 g/mol. The Morgan fingerprint density at radius 3 is 2.43 bits per heavy atom. The van der Waals surface area contributed by atoms with Gasteiger partial charge in [0.15, 0.2) is 5.82 Å². The summed E-state index contributed by atoms with van der Waals surface area (Å²) in [7, 11) is 6.62. The lowest BCUT2D eigenvalue weighted by atomic mass is 9.91. The maximum Gasteiger partial charge on any atom is 0.329 e. The van der Waals surface area contributed by atoms with Crippen molar-refractivity contribution in [2.75, 3.05) is 71.9 Å². The third-order valence-electron chi connectivity index (χ3n) is 14.6. The molecular formula is C53H56FN9O7. The van der Waals surface area contributed by atoms with E-state index in [4.69, 9.17) is 4.74 Å². The van der Waals surface area contributed by atoms with Crippen molar-refractivity contribution in [3.63, 3.8) is 0 Å².